The third kappa shape index (κ3) is 4.06. The van der Waals surface area contributed by atoms with Crippen LogP contribution < -0.4 is 4.90 Å². The molecule has 0 aromatic carbocycles. The highest BCUT2D eigenvalue weighted by Gasteiger charge is 2.30. The molecule has 1 aromatic rings. The molecule has 6 nitrogen and oxygen atoms in total. The maximum absolute atomic E-state index is 12.1. The highest BCUT2D eigenvalue weighted by Crippen LogP contribution is 2.18. The van der Waals surface area contributed by atoms with Crippen molar-refractivity contribution in [3.63, 3.8) is 0 Å². The summed E-state index contributed by atoms with van der Waals surface area (Å²) in [6.45, 7) is 11.6. The van der Waals surface area contributed by atoms with Gasteiger partial charge in [0.15, 0.2) is 0 Å². The Kier molecular flexibility index (Phi) is 4.34. The van der Waals surface area contributed by atoms with E-state index in [0.717, 1.165) is 11.6 Å². The summed E-state index contributed by atoms with van der Waals surface area (Å²) in [6, 6.07) is 2.04. The number of hydrogen-bond donors (Lipinski definition) is 0. The van der Waals surface area contributed by atoms with Crippen LogP contribution >= 0.6 is 0 Å². The normalized spacial score (nSPS) is 19.6. The fourth-order valence-corrected chi connectivity index (χ4v) is 2.32. The number of nitrogens with zero attached hydrogens (tertiary/aromatic N) is 4. The molecule has 0 unspecified atom stereocenters. The molecule has 1 aromatic heterocycles. The average molecular weight is 292 g/mol. The Morgan fingerprint density at radius 2 is 2.10 bits per heavy atom. The first-order valence-electron chi connectivity index (χ1n) is 7.30. The number of aryl methyl sites for hydroxylation is 1. The summed E-state index contributed by atoms with van der Waals surface area (Å²) in [7, 11) is 0. The lowest BCUT2D eigenvalue weighted by molar-refractivity contribution is 0.0218. The van der Waals surface area contributed by atoms with Crippen LogP contribution in [0.5, 0.6) is 0 Å². The van der Waals surface area contributed by atoms with E-state index in [1.54, 1.807) is 11.1 Å². The van der Waals surface area contributed by atoms with Gasteiger partial charge in [0.1, 0.15) is 5.60 Å². The summed E-state index contributed by atoms with van der Waals surface area (Å²) in [4.78, 5) is 24.8. The molecule has 1 aliphatic heterocycles. The van der Waals surface area contributed by atoms with Crippen LogP contribution in [0.2, 0.25) is 0 Å². The maximum Gasteiger partial charge on any atom is 0.410 e. The van der Waals surface area contributed by atoms with Gasteiger partial charge in [0.05, 0.1) is 0 Å². The average Bonchev–Trinajstić information content (AvgIpc) is 2.36. The summed E-state index contributed by atoms with van der Waals surface area (Å²) in [5.41, 5.74) is 0.485. The summed E-state index contributed by atoms with van der Waals surface area (Å²) in [5, 5.41) is 0. The van der Waals surface area contributed by atoms with Crippen molar-refractivity contribution >= 4 is 12.0 Å². The molecular formula is C15H24N4O2. The summed E-state index contributed by atoms with van der Waals surface area (Å²) < 4.78 is 5.42. The van der Waals surface area contributed by atoms with E-state index in [0.29, 0.717) is 19.6 Å². The lowest BCUT2D eigenvalue weighted by Crippen LogP contribution is -2.55. The van der Waals surface area contributed by atoms with Gasteiger partial charge in [0, 0.05) is 37.6 Å². The SMILES string of the molecule is Cc1ccnc(N2CCN(C(=O)OC(C)(C)C)C[C@H]2C)n1. The first-order valence-corrected chi connectivity index (χ1v) is 7.30. The lowest BCUT2D eigenvalue weighted by atomic mass is 10.2. The van der Waals surface area contributed by atoms with Crippen LogP contribution in [0.25, 0.3) is 0 Å². The van der Waals surface area contributed by atoms with Gasteiger partial charge in [-0.05, 0) is 40.7 Å². The molecule has 1 atom stereocenters. The molecule has 0 spiro atoms. The van der Waals surface area contributed by atoms with Crippen LogP contribution in [0.15, 0.2) is 12.3 Å². The third-order valence-corrected chi connectivity index (χ3v) is 3.32. The molecular weight excluding hydrogens is 268 g/mol. The van der Waals surface area contributed by atoms with Gasteiger partial charge in [-0.3, -0.25) is 0 Å². The molecule has 116 valence electrons. The Bertz CT molecular complexity index is 513. The van der Waals surface area contributed by atoms with Gasteiger partial charge >= 0.3 is 6.09 Å². The van der Waals surface area contributed by atoms with Crippen molar-refractivity contribution in [1.29, 1.82) is 0 Å². The molecule has 1 aliphatic rings. The standard InChI is InChI=1S/C15H24N4O2/c1-11-6-7-16-13(17-11)19-9-8-18(10-12(19)2)14(20)21-15(3,4)5/h6-7,12H,8-10H2,1-5H3/t12-/m1/s1. The highest BCUT2D eigenvalue weighted by molar-refractivity contribution is 5.68. The molecule has 0 radical (unpaired) electrons. The van der Waals surface area contributed by atoms with Gasteiger partial charge < -0.3 is 14.5 Å². The second kappa shape index (κ2) is 5.87. The van der Waals surface area contributed by atoms with E-state index in [2.05, 4.69) is 21.8 Å². The molecule has 0 saturated carbocycles. The molecule has 1 amide bonds. The number of hydrogen-bond acceptors (Lipinski definition) is 5. The summed E-state index contributed by atoms with van der Waals surface area (Å²) >= 11 is 0. The molecule has 0 aliphatic carbocycles. The van der Waals surface area contributed by atoms with Crippen molar-refractivity contribution in [3.8, 4) is 0 Å². The van der Waals surface area contributed by atoms with Gasteiger partial charge in [0.2, 0.25) is 5.95 Å². The highest BCUT2D eigenvalue weighted by atomic mass is 16.6. The zero-order valence-corrected chi connectivity index (χ0v) is 13.5. The number of ether oxygens (including phenoxy) is 1. The van der Waals surface area contributed by atoms with Crippen LogP contribution in [0, 0.1) is 6.92 Å². The molecule has 2 heterocycles. The Morgan fingerprint density at radius 1 is 1.38 bits per heavy atom. The number of rotatable bonds is 1. The summed E-state index contributed by atoms with van der Waals surface area (Å²) in [5.74, 6) is 0.728. The van der Waals surface area contributed by atoms with Crippen molar-refractivity contribution < 1.29 is 9.53 Å². The molecule has 0 N–H and O–H groups in total. The minimum absolute atomic E-state index is 0.160. The van der Waals surface area contributed by atoms with Crippen LogP contribution in [0.4, 0.5) is 10.7 Å². The van der Waals surface area contributed by atoms with E-state index < -0.39 is 5.60 Å². The van der Waals surface area contributed by atoms with Crippen molar-refractivity contribution in [2.24, 2.45) is 0 Å². The van der Waals surface area contributed by atoms with Gasteiger partial charge in [-0.2, -0.15) is 0 Å². The number of carbonyl (C=O) groups is 1. The molecule has 21 heavy (non-hydrogen) atoms. The van der Waals surface area contributed by atoms with E-state index in [9.17, 15) is 4.79 Å². The minimum Gasteiger partial charge on any atom is -0.444 e. The Balaban J connectivity index is 2.01. The Labute approximate surface area is 126 Å². The van der Waals surface area contributed by atoms with Crippen molar-refractivity contribution in [3.05, 3.63) is 18.0 Å². The van der Waals surface area contributed by atoms with Crippen molar-refractivity contribution in [1.82, 2.24) is 14.9 Å². The second-order valence-electron chi connectivity index (χ2n) is 6.47. The maximum atomic E-state index is 12.1. The topological polar surface area (TPSA) is 58.6 Å². The quantitative estimate of drug-likeness (QED) is 0.794. The predicted octanol–water partition coefficient (Wildman–Crippen LogP) is 2.23. The van der Waals surface area contributed by atoms with E-state index in [1.165, 1.54) is 0 Å². The van der Waals surface area contributed by atoms with Crippen LogP contribution in [-0.2, 0) is 4.74 Å². The number of carbonyl (C=O) groups excluding carboxylic acids is 1. The van der Waals surface area contributed by atoms with Gasteiger partial charge in [-0.15, -0.1) is 0 Å². The Hall–Kier alpha value is -1.85. The van der Waals surface area contributed by atoms with Crippen molar-refractivity contribution in [2.75, 3.05) is 24.5 Å². The van der Waals surface area contributed by atoms with Gasteiger partial charge in [-0.25, -0.2) is 14.8 Å². The van der Waals surface area contributed by atoms with E-state index in [4.69, 9.17) is 4.74 Å². The zero-order valence-electron chi connectivity index (χ0n) is 13.5. The first kappa shape index (κ1) is 15.5. The predicted molar refractivity (Wildman–Crippen MR) is 81.4 cm³/mol. The lowest BCUT2D eigenvalue weighted by Gasteiger charge is -2.40. The molecule has 2 rings (SSSR count). The van der Waals surface area contributed by atoms with Crippen LogP contribution in [0.3, 0.4) is 0 Å². The van der Waals surface area contributed by atoms with E-state index in [-0.39, 0.29) is 12.1 Å². The zero-order chi connectivity index (χ0) is 15.6. The van der Waals surface area contributed by atoms with Crippen LogP contribution in [0.1, 0.15) is 33.4 Å². The number of amides is 1. The minimum atomic E-state index is -0.461. The van der Waals surface area contributed by atoms with Gasteiger partial charge in [0.25, 0.3) is 0 Å². The fraction of sp³-hybridized carbons (Fsp3) is 0.667. The molecule has 6 heteroatoms. The largest absolute Gasteiger partial charge is 0.444 e. The third-order valence-electron chi connectivity index (χ3n) is 3.32. The number of aromatic nitrogens is 2. The smallest absolute Gasteiger partial charge is 0.410 e. The van der Waals surface area contributed by atoms with Crippen molar-refractivity contribution in [2.45, 2.75) is 46.3 Å². The number of anilines is 1. The van der Waals surface area contributed by atoms with E-state index >= 15 is 0 Å². The second-order valence-corrected chi connectivity index (χ2v) is 6.47. The Morgan fingerprint density at radius 3 is 2.67 bits per heavy atom. The molecule has 1 fully saturated rings. The molecule has 1 saturated heterocycles. The van der Waals surface area contributed by atoms with Gasteiger partial charge in [-0.1, -0.05) is 0 Å². The monoisotopic (exact) mass is 292 g/mol. The number of piperazine rings is 1. The molecule has 0 bridgehead atoms. The van der Waals surface area contributed by atoms with E-state index in [1.807, 2.05) is 33.8 Å². The first-order chi connectivity index (χ1) is 9.76. The fourth-order valence-electron chi connectivity index (χ4n) is 2.32. The van der Waals surface area contributed by atoms with Crippen LogP contribution in [-0.4, -0.2) is 52.2 Å². The summed E-state index contributed by atoms with van der Waals surface area (Å²) in [6.07, 6.45) is 1.52.